The van der Waals surface area contributed by atoms with Crippen LogP contribution in [0.15, 0.2) is 152 Å². The van der Waals surface area contributed by atoms with Crippen LogP contribution in [-0.2, 0) is 0 Å². The predicted molar refractivity (Wildman–Crippen MR) is 213 cm³/mol. The van der Waals surface area contributed by atoms with Crippen molar-refractivity contribution in [2.24, 2.45) is 0 Å². The summed E-state index contributed by atoms with van der Waals surface area (Å²) in [5, 5.41) is 14.8. The molecule has 0 N–H and O–H groups in total. The average Bonchev–Trinajstić information content (AvgIpc) is 3.84. The number of nitrogens with zero attached hydrogens (tertiary/aromatic N) is 3. The summed E-state index contributed by atoms with van der Waals surface area (Å²) in [5.74, 6) is 0.755. The Bertz CT molecular complexity index is 3370. The van der Waals surface area contributed by atoms with Gasteiger partial charge in [-0.05, 0) is 51.2 Å². The first-order valence-electron chi connectivity index (χ1n) is 17.0. The molecule has 0 fully saturated rings. The van der Waals surface area contributed by atoms with E-state index < -0.39 is 0 Å². The maximum absolute atomic E-state index is 5.53. The van der Waals surface area contributed by atoms with Crippen LogP contribution in [0.25, 0.3) is 113 Å². The lowest BCUT2D eigenvalue weighted by molar-refractivity contribution is 1.25. The molecule has 0 saturated carbocycles. The zero-order valence-electron chi connectivity index (χ0n) is 26.7. The molecule has 50 heavy (non-hydrogen) atoms. The van der Waals surface area contributed by atoms with Crippen molar-refractivity contribution in [3.63, 3.8) is 0 Å². The highest BCUT2D eigenvalue weighted by Crippen LogP contribution is 2.49. The predicted octanol–water partition coefficient (Wildman–Crippen LogP) is 12.8. The van der Waals surface area contributed by atoms with Crippen molar-refractivity contribution in [3.8, 4) is 22.6 Å². The smallest absolute Gasteiger partial charge is 0.162 e. The second-order valence-corrected chi connectivity index (χ2v) is 14.3. The van der Waals surface area contributed by atoms with Crippen molar-refractivity contribution >= 4 is 102 Å². The van der Waals surface area contributed by atoms with Crippen molar-refractivity contribution in [3.05, 3.63) is 152 Å². The Morgan fingerprint density at radius 3 is 1.98 bits per heavy atom. The van der Waals surface area contributed by atoms with Crippen LogP contribution in [0.4, 0.5) is 0 Å². The first-order chi connectivity index (χ1) is 24.8. The molecule has 4 heterocycles. The standard InChI is InChI=1S/C46H25N3S/c1-2-13-27(14-3-1)42-41-33-19-9-11-21-37(33)50-46(41)48-45(47-42)35-25-29-23-22-26-12-4-6-16-30(26)38(29)44-40(35)34-24-28-15-5-7-17-31(28)39-32-18-8-10-20-36(32)49(44)43(34)39/h1-25H. The Morgan fingerprint density at radius 1 is 0.440 bits per heavy atom. The van der Waals surface area contributed by atoms with Crippen LogP contribution in [0.1, 0.15) is 0 Å². The Morgan fingerprint density at radius 2 is 1.12 bits per heavy atom. The molecule has 12 aromatic rings. The highest BCUT2D eigenvalue weighted by atomic mass is 32.1. The minimum absolute atomic E-state index is 0.755. The van der Waals surface area contributed by atoms with Gasteiger partial charge in [-0.3, -0.25) is 0 Å². The molecule has 0 aliphatic rings. The zero-order valence-corrected chi connectivity index (χ0v) is 27.5. The van der Waals surface area contributed by atoms with Crippen LogP contribution in [-0.4, -0.2) is 14.4 Å². The van der Waals surface area contributed by atoms with E-state index in [9.17, 15) is 0 Å². The van der Waals surface area contributed by atoms with Crippen LogP contribution in [0, 0.1) is 0 Å². The summed E-state index contributed by atoms with van der Waals surface area (Å²) < 4.78 is 3.76. The summed E-state index contributed by atoms with van der Waals surface area (Å²) in [6.07, 6.45) is 0. The second kappa shape index (κ2) is 9.63. The van der Waals surface area contributed by atoms with E-state index in [4.69, 9.17) is 9.97 Å². The van der Waals surface area contributed by atoms with E-state index in [0.717, 1.165) is 32.9 Å². The van der Waals surface area contributed by atoms with E-state index >= 15 is 0 Å². The normalized spacial score (nSPS) is 12.4. The van der Waals surface area contributed by atoms with Crippen LogP contribution >= 0.6 is 11.3 Å². The Balaban J connectivity index is 1.35. The molecule has 8 aromatic carbocycles. The van der Waals surface area contributed by atoms with E-state index in [2.05, 4.69) is 156 Å². The van der Waals surface area contributed by atoms with Crippen LogP contribution in [0.3, 0.4) is 0 Å². The lowest BCUT2D eigenvalue weighted by Gasteiger charge is -2.13. The molecule has 0 unspecified atom stereocenters. The molecule has 230 valence electrons. The van der Waals surface area contributed by atoms with Gasteiger partial charge in [0.15, 0.2) is 5.82 Å². The fraction of sp³-hybridized carbons (Fsp3) is 0. The van der Waals surface area contributed by atoms with E-state index in [1.165, 1.54) is 80.5 Å². The fourth-order valence-electron chi connectivity index (χ4n) is 8.64. The maximum atomic E-state index is 5.53. The molecule has 3 nitrogen and oxygen atoms in total. The number of rotatable bonds is 2. The van der Waals surface area contributed by atoms with E-state index in [1.807, 2.05) is 0 Å². The molecule has 0 saturated heterocycles. The molecule has 0 radical (unpaired) electrons. The lowest BCUT2D eigenvalue weighted by atomic mass is 9.93. The highest BCUT2D eigenvalue weighted by Gasteiger charge is 2.26. The van der Waals surface area contributed by atoms with Crippen LogP contribution in [0.2, 0.25) is 0 Å². The van der Waals surface area contributed by atoms with E-state index in [0.29, 0.717) is 0 Å². The molecule has 0 atom stereocenters. The third kappa shape index (κ3) is 3.38. The number of fused-ring (bicyclic) bond motifs is 15. The maximum Gasteiger partial charge on any atom is 0.162 e. The summed E-state index contributed by atoms with van der Waals surface area (Å²) in [6.45, 7) is 0. The van der Waals surface area contributed by atoms with Gasteiger partial charge in [0.25, 0.3) is 0 Å². The average molecular weight is 652 g/mol. The molecular weight excluding hydrogens is 627 g/mol. The first-order valence-corrected chi connectivity index (χ1v) is 17.8. The molecule has 0 aliphatic carbocycles. The Labute approximate surface area is 289 Å². The number of para-hydroxylation sites is 1. The number of thiophene rings is 1. The summed E-state index contributed by atoms with van der Waals surface area (Å²) in [4.78, 5) is 12.0. The van der Waals surface area contributed by atoms with E-state index in [1.54, 1.807) is 11.3 Å². The summed E-state index contributed by atoms with van der Waals surface area (Å²) in [7, 11) is 0. The van der Waals surface area contributed by atoms with Crippen LogP contribution < -0.4 is 0 Å². The molecule has 0 amide bonds. The molecule has 12 rings (SSSR count). The second-order valence-electron chi connectivity index (χ2n) is 13.3. The minimum Gasteiger partial charge on any atom is -0.307 e. The number of hydrogen-bond donors (Lipinski definition) is 0. The third-order valence-electron chi connectivity index (χ3n) is 10.7. The van der Waals surface area contributed by atoms with Crippen molar-refractivity contribution in [1.82, 2.24) is 14.4 Å². The minimum atomic E-state index is 0.755. The quantitative estimate of drug-likeness (QED) is 0.174. The van der Waals surface area contributed by atoms with Gasteiger partial charge in [-0.15, -0.1) is 11.3 Å². The first kappa shape index (κ1) is 26.6. The fourth-order valence-corrected chi connectivity index (χ4v) is 9.71. The van der Waals surface area contributed by atoms with Gasteiger partial charge in [0.05, 0.1) is 22.2 Å². The molecule has 0 aliphatic heterocycles. The van der Waals surface area contributed by atoms with Crippen molar-refractivity contribution in [1.29, 1.82) is 0 Å². The van der Waals surface area contributed by atoms with Gasteiger partial charge in [0, 0.05) is 53.5 Å². The topological polar surface area (TPSA) is 30.2 Å². The molecule has 4 aromatic heterocycles. The van der Waals surface area contributed by atoms with Crippen molar-refractivity contribution < 1.29 is 0 Å². The third-order valence-corrected chi connectivity index (χ3v) is 11.7. The summed E-state index contributed by atoms with van der Waals surface area (Å²) in [6, 6.07) is 55.0. The SMILES string of the molecule is c1ccc(-c2nc(-c3cc4ccc5ccccc5c4c4c3c3cc5ccccc5c5c6ccccc6n4c35)nc3sc4ccccc4c23)cc1. The number of benzene rings is 8. The summed E-state index contributed by atoms with van der Waals surface area (Å²) in [5.41, 5.74) is 6.82. The van der Waals surface area contributed by atoms with Crippen molar-refractivity contribution in [2.75, 3.05) is 0 Å². The van der Waals surface area contributed by atoms with Gasteiger partial charge in [0.2, 0.25) is 0 Å². The Kier molecular flexibility index (Phi) is 5.12. The zero-order chi connectivity index (χ0) is 32.5. The van der Waals surface area contributed by atoms with Crippen LogP contribution in [0.5, 0.6) is 0 Å². The van der Waals surface area contributed by atoms with Gasteiger partial charge in [-0.25, -0.2) is 9.97 Å². The van der Waals surface area contributed by atoms with Gasteiger partial charge in [-0.2, -0.15) is 0 Å². The summed E-state index contributed by atoms with van der Waals surface area (Å²) >= 11 is 1.75. The largest absolute Gasteiger partial charge is 0.307 e. The molecule has 0 spiro atoms. The highest BCUT2D eigenvalue weighted by molar-refractivity contribution is 7.25. The van der Waals surface area contributed by atoms with E-state index in [-0.39, 0.29) is 0 Å². The lowest BCUT2D eigenvalue weighted by Crippen LogP contribution is -1.95. The number of hydrogen-bond acceptors (Lipinski definition) is 3. The number of aromatic nitrogens is 3. The van der Waals surface area contributed by atoms with Gasteiger partial charge in [-0.1, -0.05) is 127 Å². The van der Waals surface area contributed by atoms with Crippen molar-refractivity contribution in [2.45, 2.75) is 0 Å². The van der Waals surface area contributed by atoms with Gasteiger partial charge >= 0.3 is 0 Å². The molecule has 4 heteroatoms. The molecule has 0 bridgehead atoms. The monoisotopic (exact) mass is 651 g/mol. The van der Waals surface area contributed by atoms with Gasteiger partial charge < -0.3 is 4.40 Å². The van der Waals surface area contributed by atoms with Gasteiger partial charge in [0.1, 0.15) is 4.83 Å². The molecular formula is C46H25N3S. The Hall–Kier alpha value is -6.36.